The van der Waals surface area contributed by atoms with Crippen LogP contribution < -0.4 is 5.73 Å². The first kappa shape index (κ1) is 12.0. The molecular weight excluding hydrogens is 228 g/mol. The second kappa shape index (κ2) is 4.88. The average Bonchev–Trinajstić information content (AvgIpc) is 2.69. The maximum atomic E-state index is 10.3. The fraction of sp³-hybridized carbons (Fsp3) is 0.571. The minimum Gasteiger partial charge on any atom is -0.399 e. The minimum atomic E-state index is -0.467. The number of rotatable bonds is 3. The molecule has 2 saturated heterocycles. The molecule has 3 atom stereocenters. The second-order valence-corrected chi connectivity index (χ2v) is 5.36. The number of β-amino-alcohol motifs (C(OH)–C–C–N with tert-alkyl or cyclic N) is 1. The number of anilines is 1. The molecule has 1 aromatic rings. The number of nitrogen functional groups attached to an aromatic ring is 1. The molecule has 0 saturated carbocycles. The lowest BCUT2D eigenvalue weighted by molar-refractivity contribution is -0.0497. The van der Waals surface area contributed by atoms with E-state index in [1.54, 1.807) is 0 Å². The Balaban J connectivity index is 1.62. The molecule has 1 aromatic carbocycles. The highest BCUT2D eigenvalue weighted by atomic mass is 16.5. The third-order valence-electron chi connectivity index (χ3n) is 3.85. The number of morpholine rings is 1. The van der Waals surface area contributed by atoms with Gasteiger partial charge in [0.1, 0.15) is 0 Å². The Morgan fingerprint density at radius 1 is 1.33 bits per heavy atom. The Morgan fingerprint density at radius 2 is 2.06 bits per heavy atom. The van der Waals surface area contributed by atoms with Gasteiger partial charge in [-0.25, -0.2) is 0 Å². The number of aliphatic hydroxyl groups is 1. The lowest BCUT2D eigenvalue weighted by Gasteiger charge is -2.33. The van der Waals surface area contributed by atoms with E-state index in [0.29, 0.717) is 24.4 Å². The molecule has 0 spiro atoms. The molecule has 98 valence electrons. The Labute approximate surface area is 107 Å². The van der Waals surface area contributed by atoms with Gasteiger partial charge in [-0.2, -0.15) is 0 Å². The summed E-state index contributed by atoms with van der Waals surface area (Å²) < 4.78 is 5.79. The largest absolute Gasteiger partial charge is 0.399 e. The molecule has 0 aliphatic carbocycles. The molecule has 3 N–H and O–H groups in total. The van der Waals surface area contributed by atoms with E-state index in [9.17, 15) is 5.11 Å². The van der Waals surface area contributed by atoms with E-state index in [2.05, 4.69) is 4.90 Å². The predicted octanol–water partition coefficient (Wildman–Crippen LogP) is 1.17. The molecule has 3 rings (SSSR count). The molecule has 2 aliphatic heterocycles. The first-order valence-electron chi connectivity index (χ1n) is 6.62. The predicted molar refractivity (Wildman–Crippen MR) is 70.1 cm³/mol. The van der Waals surface area contributed by atoms with Gasteiger partial charge in [-0.3, -0.25) is 4.90 Å². The van der Waals surface area contributed by atoms with E-state index in [0.717, 1.165) is 31.5 Å². The van der Waals surface area contributed by atoms with Crippen LogP contribution >= 0.6 is 0 Å². The van der Waals surface area contributed by atoms with Gasteiger partial charge in [0.25, 0.3) is 0 Å². The highest BCUT2D eigenvalue weighted by Gasteiger charge is 2.34. The van der Waals surface area contributed by atoms with E-state index in [1.807, 2.05) is 24.3 Å². The monoisotopic (exact) mass is 248 g/mol. The van der Waals surface area contributed by atoms with Gasteiger partial charge in [-0.15, -0.1) is 0 Å². The highest BCUT2D eigenvalue weighted by molar-refractivity contribution is 5.41. The number of likely N-dealkylation sites (tertiary alicyclic amines) is 1. The molecule has 2 aliphatic rings. The molecule has 2 heterocycles. The van der Waals surface area contributed by atoms with Crippen molar-refractivity contribution in [3.63, 3.8) is 0 Å². The van der Waals surface area contributed by atoms with Crippen molar-refractivity contribution in [1.82, 2.24) is 4.90 Å². The lowest BCUT2D eigenvalue weighted by Crippen LogP contribution is -2.44. The quantitative estimate of drug-likeness (QED) is 0.788. The van der Waals surface area contributed by atoms with Crippen molar-refractivity contribution in [3.05, 3.63) is 29.8 Å². The van der Waals surface area contributed by atoms with Crippen molar-refractivity contribution < 1.29 is 9.84 Å². The van der Waals surface area contributed by atoms with Crippen LogP contribution in [0, 0.1) is 0 Å². The van der Waals surface area contributed by atoms with Crippen LogP contribution in [0.2, 0.25) is 0 Å². The molecule has 18 heavy (non-hydrogen) atoms. The van der Waals surface area contributed by atoms with Gasteiger partial charge in [0.15, 0.2) is 0 Å². The van der Waals surface area contributed by atoms with Crippen molar-refractivity contribution in [2.75, 3.05) is 25.4 Å². The van der Waals surface area contributed by atoms with E-state index in [-0.39, 0.29) is 0 Å². The van der Waals surface area contributed by atoms with Crippen molar-refractivity contribution in [2.45, 2.75) is 31.2 Å². The summed E-state index contributed by atoms with van der Waals surface area (Å²) in [5, 5.41) is 10.3. The van der Waals surface area contributed by atoms with Gasteiger partial charge in [0, 0.05) is 25.3 Å². The molecule has 2 bridgehead atoms. The molecule has 0 aromatic heterocycles. The maximum Gasteiger partial charge on any atom is 0.0917 e. The van der Waals surface area contributed by atoms with Gasteiger partial charge in [0.05, 0.1) is 18.3 Å². The molecule has 0 radical (unpaired) electrons. The number of hydrogen-bond donors (Lipinski definition) is 2. The summed E-state index contributed by atoms with van der Waals surface area (Å²) in [5.41, 5.74) is 7.34. The van der Waals surface area contributed by atoms with Gasteiger partial charge in [0.2, 0.25) is 0 Å². The van der Waals surface area contributed by atoms with Crippen LogP contribution in [0.15, 0.2) is 24.3 Å². The highest BCUT2D eigenvalue weighted by Crippen LogP contribution is 2.27. The first-order valence-corrected chi connectivity index (χ1v) is 6.62. The normalized spacial score (nSPS) is 29.4. The zero-order chi connectivity index (χ0) is 12.5. The van der Waals surface area contributed by atoms with Crippen molar-refractivity contribution >= 4 is 5.69 Å². The zero-order valence-corrected chi connectivity index (χ0v) is 10.5. The fourth-order valence-electron chi connectivity index (χ4n) is 2.96. The summed E-state index contributed by atoms with van der Waals surface area (Å²) in [7, 11) is 0. The molecule has 3 unspecified atom stereocenters. The summed E-state index contributed by atoms with van der Waals surface area (Å²) >= 11 is 0. The Kier molecular flexibility index (Phi) is 3.24. The fourth-order valence-corrected chi connectivity index (χ4v) is 2.96. The van der Waals surface area contributed by atoms with Crippen LogP contribution in [-0.2, 0) is 4.74 Å². The summed E-state index contributed by atoms with van der Waals surface area (Å²) in [5.74, 6) is 0. The van der Waals surface area contributed by atoms with Crippen molar-refractivity contribution in [2.24, 2.45) is 0 Å². The summed E-state index contributed by atoms with van der Waals surface area (Å²) in [6.07, 6.45) is 2.60. The first-order chi connectivity index (χ1) is 8.70. The second-order valence-electron chi connectivity index (χ2n) is 5.36. The Bertz CT molecular complexity index is 412. The summed E-state index contributed by atoms with van der Waals surface area (Å²) in [6.45, 7) is 2.55. The Hall–Kier alpha value is -1.10. The minimum absolute atomic E-state index is 0.372. The summed E-state index contributed by atoms with van der Waals surface area (Å²) in [4.78, 5) is 2.31. The van der Waals surface area contributed by atoms with E-state index >= 15 is 0 Å². The number of ether oxygens (including phenoxy) is 1. The van der Waals surface area contributed by atoms with Crippen LogP contribution in [0.4, 0.5) is 5.69 Å². The maximum absolute atomic E-state index is 10.3. The van der Waals surface area contributed by atoms with Gasteiger partial charge in [-0.05, 0) is 30.5 Å². The lowest BCUT2D eigenvalue weighted by atomic mass is 10.1. The van der Waals surface area contributed by atoms with E-state index < -0.39 is 6.10 Å². The number of aliphatic hydroxyl groups excluding tert-OH is 1. The Morgan fingerprint density at radius 3 is 2.72 bits per heavy atom. The number of hydrogen-bond acceptors (Lipinski definition) is 4. The molecule has 2 fully saturated rings. The van der Waals surface area contributed by atoms with Gasteiger partial charge in [-0.1, -0.05) is 12.1 Å². The van der Waals surface area contributed by atoms with Gasteiger partial charge >= 0.3 is 0 Å². The molecular formula is C14H20N2O2. The van der Waals surface area contributed by atoms with E-state index in [4.69, 9.17) is 10.5 Å². The van der Waals surface area contributed by atoms with Crippen LogP contribution in [0.25, 0.3) is 0 Å². The van der Waals surface area contributed by atoms with Gasteiger partial charge < -0.3 is 15.6 Å². The van der Waals surface area contributed by atoms with Crippen LogP contribution in [0.5, 0.6) is 0 Å². The number of fused-ring (bicyclic) bond motifs is 2. The van der Waals surface area contributed by atoms with E-state index in [1.165, 1.54) is 0 Å². The third-order valence-corrected chi connectivity index (χ3v) is 3.85. The summed E-state index contributed by atoms with van der Waals surface area (Å²) in [6, 6.07) is 7.50. The molecule has 4 nitrogen and oxygen atoms in total. The van der Waals surface area contributed by atoms with Crippen LogP contribution in [0.1, 0.15) is 24.5 Å². The molecule has 0 amide bonds. The number of nitrogens with zero attached hydrogens (tertiary/aromatic N) is 1. The SMILES string of the molecule is Nc1cccc(C(O)CN2CC3CCC(C2)O3)c1. The van der Waals surface area contributed by atoms with Crippen LogP contribution in [0.3, 0.4) is 0 Å². The average molecular weight is 248 g/mol. The number of benzene rings is 1. The zero-order valence-electron chi connectivity index (χ0n) is 10.5. The smallest absolute Gasteiger partial charge is 0.0917 e. The molecule has 4 heteroatoms. The third kappa shape index (κ3) is 2.51. The standard InChI is InChI=1S/C14H20N2O2/c15-11-3-1-2-10(6-11)14(17)9-16-7-12-4-5-13(8-16)18-12/h1-3,6,12-14,17H,4-5,7-9,15H2. The van der Waals surface area contributed by atoms with Crippen molar-refractivity contribution in [3.8, 4) is 0 Å². The van der Waals surface area contributed by atoms with Crippen molar-refractivity contribution in [1.29, 1.82) is 0 Å². The topological polar surface area (TPSA) is 58.7 Å². The van der Waals surface area contributed by atoms with Crippen LogP contribution in [-0.4, -0.2) is 41.8 Å². The number of nitrogens with two attached hydrogens (primary N) is 1.